The Morgan fingerprint density at radius 1 is 1.14 bits per heavy atom. The van der Waals surface area contributed by atoms with Crippen LogP contribution in [0.4, 0.5) is 11.4 Å². The zero-order valence-electron chi connectivity index (χ0n) is 15.4. The number of nitrogens with one attached hydrogen (secondary N) is 2. The van der Waals surface area contributed by atoms with Crippen LogP contribution in [0.25, 0.3) is 0 Å². The summed E-state index contributed by atoms with van der Waals surface area (Å²) < 4.78 is 5.32. The number of benzene rings is 2. The highest BCUT2D eigenvalue weighted by atomic mass is 35.5. The van der Waals surface area contributed by atoms with E-state index in [-0.39, 0.29) is 36.6 Å². The van der Waals surface area contributed by atoms with Gasteiger partial charge in [0.25, 0.3) is 0 Å². The third-order valence-electron chi connectivity index (χ3n) is 4.64. The molecule has 0 saturated carbocycles. The fourth-order valence-corrected chi connectivity index (χ4v) is 3.29. The van der Waals surface area contributed by atoms with E-state index in [0.717, 1.165) is 18.5 Å². The Hall–Kier alpha value is -1.50. The summed E-state index contributed by atoms with van der Waals surface area (Å²) in [6.07, 6.45) is 1.63. The molecule has 4 N–H and O–H groups in total. The fourth-order valence-electron chi connectivity index (χ4n) is 3.04. The summed E-state index contributed by atoms with van der Waals surface area (Å²) in [5.74, 6) is -0.0241. The van der Waals surface area contributed by atoms with Gasteiger partial charge in [0, 0.05) is 25.4 Å². The van der Waals surface area contributed by atoms with Crippen LogP contribution in [0.15, 0.2) is 48.5 Å². The molecule has 1 aliphatic heterocycles. The molecule has 1 unspecified atom stereocenters. The van der Waals surface area contributed by atoms with E-state index in [1.54, 1.807) is 6.07 Å². The second-order valence-electron chi connectivity index (χ2n) is 6.50. The van der Waals surface area contributed by atoms with Gasteiger partial charge in [0.05, 0.1) is 16.8 Å². The fraction of sp³-hybridized carbons (Fsp3) is 0.350. The molecule has 2 aromatic rings. The molecule has 1 atom stereocenters. The quantitative estimate of drug-likeness (QED) is 0.611. The highest BCUT2D eigenvalue weighted by Gasteiger charge is 2.26. The molecule has 3 rings (SSSR count). The van der Waals surface area contributed by atoms with E-state index in [0.29, 0.717) is 30.5 Å². The van der Waals surface area contributed by atoms with Crippen molar-refractivity contribution in [1.29, 1.82) is 0 Å². The van der Waals surface area contributed by atoms with Crippen LogP contribution in [0, 0.1) is 5.92 Å². The largest absolute Gasteiger partial charge is 0.381 e. The first kappa shape index (κ1) is 24.5. The van der Waals surface area contributed by atoms with Crippen LogP contribution in [-0.2, 0) is 16.1 Å². The molecular formula is C20H26Cl3N3O2. The first-order valence-electron chi connectivity index (χ1n) is 8.85. The molecule has 2 aromatic carbocycles. The molecule has 1 fully saturated rings. The number of carbonyl (C=O) groups is 1. The van der Waals surface area contributed by atoms with Gasteiger partial charge in [-0.1, -0.05) is 41.9 Å². The van der Waals surface area contributed by atoms with Gasteiger partial charge in [0.15, 0.2) is 0 Å². The number of hydrogen-bond acceptors (Lipinski definition) is 4. The van der Waals surface area contributed by atoms with Crippen LogP contribution in [0.3, 0.4) is 0 Å². The van der Waals surface area contributed by atoms with Crippen molar-refractivity contribution in [2.45, 2.75) is 25.4 Å². The Morgan fingerprint density at radius 3 is 2.46 bits per heavy atom. The second kappa shape index (κ2) is 12.1. The number of ether oxygens (including phenoxy) is 1. The summed E-state index contributed by atoms with van der Waals surface area (Å²) in [5.41, 5.74) is 8.74. The summed E-state index contributed by atoms with van der Waals surface area (Å²) >= 11 is 6.35. The van der Waals surface area contributed by atoms with Crippen LogP contribution in [0.1, 0.15) is 18.4 Å². The number of anilines is 2. The summed E-state index contributed by atoms with van der Waals surface area (Å²) in [5, 5.41) is 6.72. The van der Waals surface area contributed by atoms with Crippen LogP contribution < -0.4 is 16.4 Å². The van der Waals surface area contributed by atoms with Gasteiger partial charge in [0.1, 0.15) is 0 Å². The van der Waals surface area contributed by atoms with Crippen molar-refractivity contribution in [2.24, 2.45) is 11.7 Å². The second-order valence-corrected chi connectivity index (χ2v) is 6.91. The summed E-state index contributed by atoms with van der Waals surface area (Å²) in [6, 6.07) is 15.0. The van der Waals surface area contributed by atoms with Crippen molar-refractivity contribution in [2.75, 3.05) is 23.8 Å². The topological polar surface area (TPSA) is 76.4 Å². The van der Waals surface area contributed by atoms with Gasteiger partial charge < -0.3 is 21.1 Å². The minimum absolute atomic E-state index is 0. The van der Waals surface area contributed by atoms with E-state index in [4.69, 9.17) is 22.1 Å². The predicted octanol–water partition coefficient (Wildman–Crippen LogP) is 4.49. The monoisotopic (exact) mass is 445 g/mol. The molecule has 0 radical (unpaired) electrons. The van der Waals surface area contributed by atoms with Crippen molar-refractivity contribution in [1.82, 2.24) is 0 Å². The third-order valence-corrected chi connectivity index (χ3v) is 4.95. The van der Waals surface area contributed by atoms with Gasteiger partial charge >= 0.3 is 0 Å². The minimum Gasteiger partial charge on any atom is -0.381 e. The third kappa shape index (κ3) is 6.83. The first-order valence-corrected chi connectivity index (χ1v) is 9.23. The Balaban J connectivity index is 0.00000196. The Labute approximate surface area is 183 Å². The summed E-state index contributed by atoms with van der Waals surface area (Å²) in [7, 11) is 0. The van der Waals surface area contributed by atoms with E-state index >= 15 is 0 Å². The Morgan fingerprint density at radius 2 is 1.82 bits per heavy atom. The van der Waals surface area contributed by atoms with Crippen molar-refractivity contribution in [3.8, 4) is 0 Å². The zero-order chi connectivity index (χ0) is 18.4. The Bertz CT molecular complexity index is 741. The molecule has 28 heavy (non-hydrogen) atoms. The van der Waals surface area contributed by atoms with Crippen molar-refractivity contribution < 1.29 is 9.53 Å². The molecule has 0 aliphatic carbocycles. The standard InChI is InChI=1S/C20H24ClN3O2.2ClH/c21-17-12-16(24-20(25)19(22)15-8-10-26-11-9-15)6-7-18(17)23-13-14-4-2-1-3-5-14;;/h1-7,12,15,19,23H,8-11,13,22H2,(H,24,25);2*1H. The van der Waals surface area contributed by atoms with Crippen molar-refractivity contribution >= 4 is 53.7 Å². The number of carbonyl (C=O) groups excluding carboxylic acids is 1. The lowest BCUT2D eigenvalue weighted by Crippen LogP contribution is -2.44. The van der Waals surface area contributed by atoms with Gasteiger partial charge in [0.2, 0.25) is 5.91 Å². The van der Waals surface area contributed by atoms with E-state index in [1.165, 1.54) is 5.56 Å². The molecular weight excluding hydrogens is 421 g/mol. The smallest absolute Gasteiger partial charge is 0.241 e. The van der Waals surface area contributed by atoms with Gasteiger partial charge in [-0.3, -0.25) is 4.79 Å². The molecule has 5 nitrogen and oxygen atoms in total. The lowest BCUT2D eigenvalue weighted by molar-refractivity contribution is -0.119. The number of amides is 1. The molecule has 8 heteroatoms. The highest BCUT2D eigenvalue weighted by Crippen LogP contribution is 2.26. The first-order chi connectivity index (χ1) is 12.6. The van der Waals surface area contributed by atoms with Gasteiger partial charge in [-0.25, -0.2) is 0 Å². The minimum atomic E-state index is -0.534. The van der Waals surface area contributed by atoms with Gasteiger partial charge in [-0.05, 0) is 42.5 Å². The van der Waals surface area contributed by atoms with E-state index < -0.39 is 6.04 Å². The average molecular weight is 447 g/mol. The van der Waals surface area contributed by atoms with Gasteiger partial charge in [-0.15, -0.1) is 24.8 Å². The van der Waals surface area contributed by atoms with Crippen LogP contribution in [0.2, 0.25) is 5.02 Å². The normalized spacial score (nSPS) is 14.9. The molecule has 1 saturated heterocycles. The number of rotatable bonds is 6. The van der Waals surface area contributed by atoms with E-state index in [1.807, 2.05) is 42.5 Å². The van der Waals surface area contributed by atoms with E-state index in [9.17, 15) is 4.79 Å². The molecule has 0 aromatic heterocycles. The number of hydrogen-bond donors (Lipinski definition) is 3. The van der Waals surface area contributed by atoms with Crippen LogP contribution >= 0.6 is 36.4 Å². The SMILES string of the molecule is Cl.Cl.NC(C(=O)Nc1ccc(NCc2ccccc2)c(Cl)c1)C1CCOCC1. The maximum atomic E-state index is 12.4. The van der Waals surface area contributed by atoms with Crippen LogP contribution in [0.5, 0.6) is 0 Å². The molecule has 0 spiro atoms. The van der Waals surface area contributed by atoms with Gasteiger partial charge in [-0.2, -0.15) is 0 Å². The van der Waals surface area contributed by atoms with E-state index in [2.05, 4.69) is 10.6 Å². The highest BCUT2D eigenvalue weighted by molar-refractivity contribution is 6.33. The molecule has 154 valence electrons. The summed E-state index contributed by atoms with van der Waals surface area (Å²) in [4.78, 5) is 12.4. The lowest BCUT2D eigenvalue weighted by Gasteiger charge is -2.26. The Kier molecular flexibility index (Phi) is 10.6. The number of nitrogens with two attached hydrogens (primary N) is 1. The predicted molar refractivity (Wildman–Crippen MR) is 120 cm³/mol. The van der Waals surface area contributed by atoms with Crippen molar-refractivity contribution in [3.05, 3.63) is 59.1 Å². The molecule has 1 aliphatic rings. The molecule has 1 heterocycles. The van der Waals surface area contributed by atoms with Crippen molar-refractivity contribution in [3.63, 3.8) is 0 Å². The lowest BCUT2D eigenvalue weighted by atomic mass is 9.92. The average Bonchev–Trinajstić information content (AvgIpc) is 2.68. The zero-order valence-corrected chi connectivity index (χ0v) is 17.8. The molecule has 0 bridgehead atoms. The molecule has 1 amide bonds. The maximum absolute atomic E-state index is 12.4. The van der Waals surface area contributed by atoms with Crippen LogP contribution in [-0.4, -0.2) is 25.2 Å². The summed E-state index contributed by atoms with van der Waals surface area (Å²) in [6.45, 7) is 2.01. The number of halogens is 3. The maximum Gasteiger partial charge on any atom is 0.241 e.